The molecule has 0 bridgehead atoms. The topological polar surface area (TPSA) is 98.0 Å². The summed E-state index contributed by atoms with van der Waals surface area (Å²) < 4.78 is 8.88. The van der Waals surface area contributed by atoms with Gasteiger partial charge in [-0.3, -0.25) is 0 Å². The van der Waals surface area contributed by atoms with Gasteiger partial charge in [-0.05, 0) is 30.5 Å². The van der Waals surface area contributed by atoms with Crippen molar-refractivity contribution in [2.45, 2.75) is 13.3 Å². The van der Waals surface area contributed by atoms with Crippen LogP contribution in [-0.2, 0) is 11.0 Å². The van der Waals surface area contributed by atoms with Crippen LogP contribution >= 0.6 is 7.82 Å². The van der Waals surface area contributed by atoms with Crippen LogP contribution in [0.4, 0.5) is 0 Å². The number of allylic oxidation sites excluding steroid dienone is 1. The predicted octanol–water partition coefficient (Wildman–Crippen LogP) is 1.50. The average Bonchev–Trinajstić information content (AvgIpc) is 2.10. The molecule has 1 rings (SSSR count). The first kappa shape index (κ1) is 14.9. The Bertz CT molecular complexity index is 388. The summed E-state index contributed by atoms with van der Waals surface area (Å²) >= 11 is 0. The first-order valence-electron chi connectivity index (χ1n) is 4.42. The van der Waals surface area contributed by atoms with Crippen molar-refractivity contribution < 1.29 is 24.4 Å². The lowest BCUT2D eigenvalue weighted by molar-refractivity contribution is 0.275. The Morgan fingerprint density at radius 2 is 1.88 bits per heavy atom. The molecule has 0 aliphatic carbocycles. The molecule has 1 aromatic carbocycles. The Morgan fingerprint density at radius 1 is 1.38 bits per heavy atom. The second kappa shape index (κ2) is 6.45. The first-order chi connectivity index (χ1) is 7.25. The second-order valence-electron chi connectivity index (χ2n) is 3.07. The van der Waals surface area contributed by atoms with Crippen molar-refractivity contribution in [1.82, 2.24) is 0 Å². The van der Waals surface area contributed by atoms with Crippen LogP contribution in [0.3, 0.4) is 0 Å². The third-order valence-electron chi connectivity index (χ3n) is 1.78. The fourth-order valence-electron chi connectivity index (χ4n) is 1.05. The number of phenols is 1. The highest BCUT2D eigenvalue weighted by Gasteiger charge is 2.00. The molecule has 0 aromatic heterocycles. The van der Waals surface area contributed by atoms with E-state index in [-0.39, 0.29) is 0 Å². The molecule has 0 aliphatic heterocycles. The quantitative estimate of drug-likeness (QED) is 0.468. The van der Waals surface area contributed by atoms with E-state index in [1.54, 1.807) is 6.07 Å². The third kappa shape index (κ3) is 7.20. The molecule has 0 aliphatic rings. The van der Waals surface area contributed by atoms with Gasteiger partial charge in [0.2, 0.25) is 0 Å². The standard InChI is InChI=1S/C10H12O.H3O4P/c1-3-5-9-6-4-7-10(11)8(9)2;1-5(2,3)4/h3-4,6-7,11H,1,5H2,2H3;(H3,1,2,3,4). The summed E-state index contributed by atoms with van der Waals surface area (Å²) in [6.07, 6.45) is 2.65. The van der Waals surface area contributed by atoms with Gasteiger partial charge < -0.3 is 19.8 Å². The molecule has 5 nitrogen and oxygen atoms in total. The summed E-state index contributed by atoms with van der Waals surface area (Å²) in [5, 5.41) is 9.29. The fourth-order valence-corrected chi connectivity index (χ4v) is 1.05. The average molecular weight is 246 g/mol. The lowest BCUT2D eigenvalue weighted by Crippen LogP contribution is -1.85. The molecule has 0 unspecified atom stereocenters. The van der Waals surface area contributed by atoms with E-state index in [4.69, 9.17) is 19.2 Å². The van der Waals surface area contributed by atoms with Crippen molar-refractivity contribution in [2.75, 3.05) is 0 Å². The van der Waals surface area contributed by atoms with E-state index >= 15 is 0 Å². The zero-order valence-corrected chi connectivity index (χ0v) is 9.76. The van der Waals surface area contributed by atoms with Crippen LogP contribution in [0.5, 0.6) is 5.75 Å². The summed E-state index contributed by atoms with van der Waals surface area (Å²) in [4.78, 5) is 21.6. The molecule has 4 N–H and O–H groups in total. The van der Waals surface area contributed by atoms with Crippen molar-refractivity contribution >= 4 is 7.82 Å². The zero-order valence-electron chi connectivity index (χ0n) is 8.87. The molecule has 90 valence electrons. The second-order valence-corrected chi connectivity index (χ2v) is 4.09. The Balaban J connectivity index is 0.000000385. The minimum Gasteiger partial charge on any atom is -0.508 e. The van der Waals surface area contributed by atoms with Crippen molar-refractivity contribution in [3.05, 3.63) is 42.0 Å². The number of rotatable bonds is 2. The van der Waals surface area contributed by atoms with Gasteiger partial charge in [0.1, 0.15) is 5.75 Å². The molecule has 1 aromatic rings. The molecule has 0 amide bonds. The molecule has 16 heavy (non-hydrogen) atoms. The van der Waals surface area contributed by atoms with E-state index in [0.29, 0.717) is 5.75 Å². The van der Waals surface area contributed by atoms with Crippen molar-refractivity contribution in [2.24, 2.45) is 0 Å². The van der Waals surface area contributed by atoms with Gasteiger partial charge in [-0.25, -0.2) is 4.57 Å². The molecular weight excluding hydrogens is 231 g/mol. The maximum Gasteiger partial charge on any atom is 0.466 e. The van der Waals surface area contributed by atoms with E-state index in [0.717, 1.165) is 17.5 Å². The largest absolute Gasteiger partial charge is 0.508 e. The van der Waals surface area contributed by atoms with Crippen molar-refractivity contribution in [1.29, 1.82) is 0 Å². The summed E-state index contributed by atoms with van der Waals surface area (Å²) in [5.74, 6) is 0.365. The van der Waals surface area contributed by atoms with Crippen LogP contribution < -0.4 is 0 Å². The number of aromatic hydroxyl groups is 1. The smallest absolute Gasteiger partial charge is 0.466 e. The van der Waals surface area contributed by atoms with Crippen LogP contribution in [-0.4, -0.2) is 19.8 Å². The molecule has 0 spiro atoms. The van der Waals surface area contributed by atoms with Gasteiger partial charge in [0.05, 0.1) is 0 Å². The Morgan fingerprint density at radius 3 is 2.31 bits per heavy atom. The SMILES string of the molecule is C=CCc1cccc(O)c1C.O=P(O)(O)O. The highest BCUT2D eigenvalue weighted by molar-refractivity contribution is 7.45. The van der Waals surface area contributed by atoms with E-state index in [1.165, 1.54) is 0 Å². The summed E-state index contributed by atoms with van der Waals surface area (Å²) in [6.45, 7) is 5.56. The van der Waals surface area contributed by atoms with Crippen LogP contribution in [0.25, 0.3) is 0 Å². The molecule has 6 heteroatoms. The van der Waals surface area contributed by atoms with Gasteiger partial charge in [-0.1, -0.05) is 18.2 Å². The molecular formula is C10H15O5P. The minimum absolute atomic E-state index is 0.365. The molecule has 0 atom stereocenters. The molecule has 0 radical (unpaired) electrons. The molecule has 0 saturated carbocycles. The number of hydrogen-bond donors (Lipinski definition) is 4. The van der Waals surface area contributed by atoms with Gasteiger partial charge in [0, 0.05) is 0 Å². The number of phosphoric acid groups is 1. The number of phenolic OH excluding ortho intramolecular Hbond substituents is 1. The highest BCUT2D eigenvalue weighted by Crippen LogP contribution is 2.25. The predicted molar refractivity (Wildman–Crippen MR) is 61.0 cm³/mol. The number of hydrogen-bond acceptors (Lipinski definition) is 2. The fraction of sp³-hybridized carbons (Fsp3) is 0.200. The summed E-state index contributed by atoms with van der Waals surface area (Å²) in [7, 11) is -4.64. The van der Waals surface area contributed by atoms with E-state index in [9.17, 15) is 5.11 Å². The van der Waals surface area contributed by atoms with Crippen LogP contribution in [0.1, 0.15) is 11.1 Å². The molecule has 0 fully saturated rings. The molecule has 0 heterocycles. The Hall–Kier alpha value is -1.13. The van der Waals surface area contributed by atoms with Crippen molar-refractivity contribution in [3.8, 4) is 5.75 Å². The normalized spacial score (nSPS) is 10.2. The summed E-state index contributed by atoms with van der Waals surface area (Å²) in [6, 6.07) is 5.54. The lowest BCUT2D eigenvalue weighted by Gasteiger charge is -2.03. The van der Waals surface area contributed by atoms with E-state index < -0.39 is 7.82 Å². The van der Waals surface area contributed by atoms with Gasteiger partial charge in [-0.2, -0.15) is 0 Å². The van der Waals surface area contributed by atoms with Crippen molar-refractivity contribution in [3.63, 3.8) is 0 Å². The highest BCUT2D eigenvalue weighted by atomic mass is 31.2. The monoisotopic (exact) mass is 246 g/mol. The molecule has 0 saturated heterocycles. The number of benzene rings is 1. The van der Waals surface area contributed by atoms with Gasteiger partial charge in [0.25, 0.3) is 0 Å². The van der Waals surface area contributed by atoms with Crippen LogP contribution in [0.15, 0.2) is 30.9 Å². The van der Waals surface area contributed by atoms with Gasteiger partial charge >= 0.3 is 7.82 Å². The van der Waals surface area contributed by atoms with E-state index in [2.05, 4.69) is 6.58 Å². The van der Waals surface area contributed by atoms with Gasteiger partial charge in [0.15, 0.2) is 0 Å². The Labute approximate surface area is 93.9 Å². The maximum atomic E-state index is 9.29. The summed E-state index contributed by atoms with van der Waals surface area (Å²) in [5.41, 5.74) is 2.09. The lowest BCUT2D eigenvalue weighted by atomic mass is 10.1. The van der Waals surface area contributed by atoms with E-state index in [1.807, 2.05) is 25.1 Å². The Kier molecular flexibility index (Phi) is 6.00. The maximum absolute atomic E-state index is 9.29. The first-order valence-corrected chi connectivity index (χ1v) is 5.99. The van der Waals surface area contributed by atoms with Crippen LogP contribution in [0, 0.1) is 6.92 Å². The zero-order chi connectivity index (χ0) is 12.8. The minimum atomic E-state index is -4.64. The van der Waals surface area contributed by atoms with Crippen LogP contribution in [0.2, 0.25) is 0 Å². The van der Waals surface area contributed by atoms with Gasteiger partial charge in [-0.15, -0.1) is 6.58 Å². The third-order valence-corrected chi connectivity index (χ3v) is 1.78.